The minimum Gasteiger partial charge on any atom is -0.465 e. The van der Waals surface area contributed by atoms with Crippen LogP contribution in [0, 0.1) is 6.92 Å². The van der Waals surface area contributed by atoms with E-state index in [1.165, 1.54) is 30.4 Å². The summed E-state index contributed by atoms with van der Waals surface area (Å²) in [4.78, 5) is 13.1. The van der Waals surface area contributed by atoms with E-state index in [1.54, 1.807) is 13.0 Å². The fourth-order valence-corrected chi connectivity index (χ4v) is 3.85. The van der Waals surface area contributed by atoms with Crippen LogP contribution in [-0.4, -0.2) is 13.1 Å². The highest BCUT2D eigenvalue weighted by Gasteiger charge is 2.21. The first kappa shape index (κ1) is 14.4. The molecule has 21 heavy (non-hydrogen) atoms. The van der Waals surface area contributed by atoms with Gasteiger partial charge in [0, 0.05) is 10.9 Å². The molecule has 2 heterocycles. The van der Waals surface area contributed by atoms with E-state index in [2.05, 4.69) is 16.8 Å². The van der Waals surface area contributed by atoms with Gasteiger partial charge in [-0.3, -0.25) is 0 Å². The fourth-order valence-electron chi connectivity index (χ4n) is 2.87. The zero-order valence-corrected chi connectivity index (χ0v) is 13.1. The van der Waals surface area contributed by atoms with Crippen molar-refractivity contribution < 1.29 is 13.9 Å². The Hall–Kier alpha value is -1.59. The Labute approximate surface area is 128 Å². The molecule has 4 nitrogen and oxygen atoms in total. The zero-order chi connectivity index (χ0) is 14.8. The number of rotatable bonds is 4. The lowest BCUT2D eigenvalue weighted by Gasteiger charge is -2.23. The number of hydrogen-bond donors (Lipinski definition) is 1. The normalized spacial score (nSPS) is 17.5. The topological polar surface area (TPSA) is 51.5 Å². The minimum absolute atomic E-state index is 0.347. The second-order valence-corrected chi connectivity index (χ2v) is 6.30. The quantitative estimate of drug-likeness (QED) is 0.877. The maximum absolute atomic E-state index is 11.6. The molecule has 112 valence electrons. The number of furan rings is 1. The van der Waals surface area contributed by atoms with Crippen LogP contribution in [-0.2, 0) is 17.7 Å². The van der Waals surface area contributed by atoms with Gasteiger partial charge in [-0.15, -0.1) is 11.3 Å². The highest BCUT2D eigenvalue weighted by Crippen LogP contribution is 2.33. The smallest absolute Gasteiger partial charge is 0.341 e. The van der Waals surface area contributed by atoms with Crippen LogP contribution in [0.5, 0.6) is 0 Å². The number of aryl methyl sites for hydroxylation is 2. The van der Waals surface area contributed by atoms with Crippen LogP contribution >= 0.6 is 11.3 Å². The molecule has 1 N–H and O–H groups in total. The number of nitrogens with one attached hydrogen (secondary N) is 1. The Morgan fingerprint density at radius 2 is 2.43 bits per heavy atom. The van der Waals surface area contributed by atoms with Crippen molar-refractivity contribution in [2.75, 3.05) is 7.11 Å². The van der Waals surface area contributed by atoms with Gasteiger partial charge >= 0.3 is 5.97 Å². The number of ether oxygens (including phenoxy) is 1. The van der Waals surface area contributed by atoms with Crippen molar-refractivity contribution in [2.24, 2.45) is 0 Å². The molecule has 0 bridgehead atoms. The molecule has 1 atom stereocenters. The predicted octanol–water partition coefficient (Wildman–Crippen LogP) is 3.60. The molecule has 0 amide bonds. The molecular weight excluding hydrogens is 286 g/mol. The summed E-state index contributed by atoms with van der Waals surface area (Å²) in [6, 6.07) is 4.36. The number of carbonyl (C=O) groups excluding carboxylic acids is 1. The first-order valence-corrected chi connectivity index (χ1v) is 8.04. The van der Waals surface area contributed by atoms with Gasteiger partial charge in [0.2, 0.25) is 0 Å². The molecule has 0 saturated carbocycles. The monoisotopic (exact) mass is 305 g/mol. The number of hydrogen-bond acceptors (Lipinski definition) is 5. The van der Waals surface area contributed by atoms with Crippen LogP contribution in [0.15, 0.2) is 21.9 Å². The van der Waals surface area contributed by atoms with E-state index in [-0.39, 0.29) is 5.97 Å². The van der Waals surface area contributed by atoms with Crippen LogP contribution < -0.4 is 5.32 Å². The highest BCUT2D eigenvalue weighted by atomic mass is 32.1. The van der Waals surface area contributed by atoms with Gasteiger partial charge in [0.25, 0.3) is 0 Å². The van der Waals surface area contributed by atoms with E-state index in [1.807, 2.05) is 11.3 Å². The Kier molecular flexibility index (Phi) is 4.12. The van der Waals surface area contributed by atoms with Crippen LogP contribution in [0.4, 0.5) is 0 Å². The summed E-state index contributed by atoms with van der Waals surface area (Å²) >= 11 is 1.84. The standard InChI is InChI=1S/C16H19NO3S/c1-10-13(16(18)19-2)8-11(20-10)9-17-14-4-3-5-15-12(14)6-7-21-15/h6-8,14,17H,3-5,9H2,1-2H3. The third-order valence-corrected chi connectivity index (χ3v) is 4.95. The number of fused-ring (bicyclic) bond motifs is 1. The number of carbonyl (C=O) groups is 1. The third kappa shape index (κ3) is 2.89. The summed E-state index contributed by atoms with van der Waals surface area (Å²) < 4.78 is 10.4. The van der Waals surface area contributed by atoms with E-state index < -0.39 is 0 Å². The molecule has 5 heteroatoms. The molecule has 1 aliphatic carbocycles. The maximum Gasteiger partial charge on any atom is 0.341 e. The van der Waals surface area contributed by atoms with Crippen LogP contribution in [0.1, 0.15) is 51.2 Å². The van der Waals surface area contributed by atoms with Crippen molar-refractivity contribution in [2.45, 2.75) is 38.8 Å². The largest absolute Gasteiger partial charge is 0.465 e. The average molecular weight is 305 g/mol. The highest BCUT2D eigenvalue weighted by molar-refractivity contribution is 7.10. The number of esters is 1. The van der Waals surface area contributed by atoms with Crippen molar-refractivity contribution in [1.29, 1.82) is 0 Å². The van der Waals surface area contributed by atoms with Crippen LogP contribution in [0.3, 0.4) is 0 Å². The second kappa shape index (κ2) is 6.03. The van der Waals surface area contributed by atoms with Crippen molar-refractivity contribution in [1.82, 2.24) is 5.32 Å². The van der Waals surface area contributed by atoms with Gasteiger partial charge in [-0.2, -0.15) is 0 Å². The average Bonchev–Trinajstić information content (AvgIpc) is 3.10. The van der Waals surface area contributed by atoms with Gasteiger partial charge in [0.15, 0.2) is 0 Å². The molecule has 3 rings (SSSR count). The predicted molar refractivity (Wildman–Crippen MR) is 81.6 cm³/mol. The summed E-state index contributed by atoms with van der Waals surface area (Å²) in [5.41, 5.74) is 1.93. The molecule has 0 spiro atoms. The number of methoxy groups -OCH3 is 1. The van der Waals surface area contributed by atoms with Crippen LogP contribution in [0.2, 0.25) is 0 Å². The summed E-state index contributed by atoms with van der Waals surface area (Å²) in [6.07, 6.45) is 3.56. The van der Waals surface area contributed by atoms with Gasteiger partial charge in [-0.25, -0.2) is 4.79 Å². The van der Waals surface area contributed by atoms with Gasteiger partial charge in [-0.05, 0) is 49.3 Å². The van der Waals surface area contributed by atoms with Crippen molar-refractivity contribution in [3.8, 4) is 0 Å². The Morgan fingerprint density at radius 1 is 1.57 bits per heavy atom. The molecule has 1 unspecified atom stereocenters. The van der Waals surface area contributed by atoms with Crippen molar-refractivity contribution in [3.05, 3.63) is 45.0 Å². The van der Waals surface area contributed by atoms with Crippen molar-refractivity contribution in [3.63, 3.8) is 0 Å². The van der Waals surface area contributed by atoms with E-state index >= 15 is 0 Å². The summed E-state index contributed by atoms with van der Waals surface area (Å²) in [6.45, 7) is 2.41. The van der Waals surface area contributed by atoms with Gasteiger partial charge in [0.05, 0.1) is 13.7 Å². The lowest BCUT2D eigenvalue weighted by atomic mass is 9.94. The molecular formula is C16H19NO3S. The summed E-state index contributed by atoms with van der Waals surface area (Å²) in [5.74, 6) is 1.04. The van der Waals surface area contributed by atoms with Crippen molar-refractivity contribution >= 4 is 17.3 Å². The Bertz CT molecular complexity index is 644. The maximum atomic E-state index is 11.6. The minimum atomic E-state index is -0.347. The first-order valence-electron chi connectivity index (χ1n) is 7.16. The molecule has 2 aromatic rings. The Balaban J connectivity index is 1.68. The van der Waals surface area contributed by atoms with Gasteiger partial charge < -0.3 is 14.5 Å². The number of thiophene rings is 1. The molecule has 0 radical (unpaired) electrons. The summed E-state index contributed by atoms with van der Waals surface area (Å²) in [5, 5.41) is 5.70. The molecule has 0 aromatic carbocycles. The van der Waals surface area contributed by atoms with Crippen LogP contribution in [0.25, 0.3) is 0 Å². The SMILES string of the molecule is COC(=O)c1cc(CNC2CCCc3sccc32)oc1C. The Morgan fingerprint density at radius 3 is 3.24 bits per heavy atom. The summed E-state index contributed by atoms with van der Waals surface area (Å²) in [7, 11) is 1.38. The second-order valence-electron chi connectivity index (χ2n) is 5.30. The third-order valence-electron chi connectivity index (χ3n) is 3.95. The first-order chi connectivity index (χ1) is 10.2. The van der Waals surface area contributed by atoms with E-state index in [4.69, 9.17) is 9.15 Å². The lowest BCUT2D eigenvalue weighted by Crippen LogP contribution is -2.23. The molecule has 2 aromatic heterocycles. The molecule has 0 saturated heterocycles. The lowest BCUT2D eigenvalue weighted by molar-refractivity contribution is 0.0599. The van der Waals surface area contributed by atoms with Gasteiger partial charge in [-0.1, -0.05) is 0 Å². The zero-order valence-electron chi connectivity index (χ0n) is 12.3. The molecule has 0 fully saturated rings. The van der Waals surface area contributed by atoms with Gasteiger partial charge in [0.1, 0.15) is 17.1 Å². The van der Waals surface area contributed by atoms with E-state index in [0.29, 0.717) is 23.9 Å². The van der Waals surface area contributed by atoms with E-state index in [9.17, 15) is 4.79 Å². The van der Waals surface area contributed by atoms with E-state index in [0.717, 1.165) is 12.2 Å². The fraction of sp³-hybridized carbons (Fsp3) is 0.438. The molecule has 1 aliphatic rings. The molecule has 0 aliphatic heterocycles.